The standard InChI is InChI=1S/C14H10ClN3O3/c15-9-3-1-4-10(7-9)21-8-12-16-17-13-11(14(19)20)5-2-6-18(12)13/h1-7H,8H2,(H,19,20). The van der Waals surface area contributed by atoms with Crippen LogP contribution in [0.15, 0.2) is 42.6 Å². The predicted octanol–water partition coefficient (Wildman–Crippen LogP) is 2.66. The Morgan fingerprint density at radius 2 is 2.14 bits per heavy atom. The molecule has 0 spiro atoms. The molecular weight excluding hydrogens is 294 g/mol. The molecule has 0 saturated carbocycles. The van der Waals surface area contributed by atoms with E-state index in [2.05, 4.69) is 10.2 Å². The van der Waals surface area contributed by atoms with Crippen LogP contribution in [0.4, 0.5) is 0 Å². The van der Waals surface area contributed by atoms with E-state index >= 15 is 0 Å². The molecule has 0 amide bonds. The van der Waals surface area contributed by atoms with Gasteiger partial charge in [-0.05, 0) is 30.3 Å². The van der Waals surface area contributed by atoms with Crippen LogP contribution in [0.2, 0.25) is 5.02 Å². The van der Waals surface area contributed by atoms with Crippen LogP contribution in [0.1, 0.15) is 16.2 Å². The van der Waals surface area contributed by atoms with Gasteiger partial charge in [0.1, 0.15) is 17.9 Å². The molecule has 0 aliphatic rings. The van der Waals surface area contributed by atoms with Gasteiger partial charge >= 0.3 is 5.97 Å². The second-order valence-electron chi connectivity index (χ2n) is 4.28. The zero-order chi connectivity index (χ0) is 14.8. The van der Waals surface area contributed by atoms with Crippen LogP contribution < -0.4 is 4.74 Å². The summed E-state index contributed by atoms with van der Waals surface area (Å²) in [6, 6.07) is 10.1. The Bertz CT molecular complexity index is 816. The second-order valence-corrected chi connectivity index (χ2v) is 4.72. The molecule has 0 atom stereocenters. The van der Waals surface area contributed by atoms with Gasteiger partial charge in [-0.25, -0.2) is 4.79 Å². The summed E-state index contributed by atoms with van der Waals surface area (Å²) >= 11 is 5.88. The predicted molar refractivity (Wildman–Crippen MR) is 75.7 cm³/mol. The topological polar surface area (TPSA) is 76.7 Å². The van der Waals surface area contributed by atoms with E-state index in [1.165, 1.54) is 6.07 Å². The molecule has 0 radical (unpaired) electrons. The average molecular weight is 304 g/mol. The SMILES string of the molecule is O=C(O)c1cccn2c(COc3cccc(Cl)c3)nnc12. The molecule has 0 saturated heterocycles. The van der Waals surface area contributed by atoms with Crippen molar-refractivity contribution in [1.82, 2.24) is 14.6 Å². The molecule has 1 N–H and O–H groups in total. The number of hydrogen-bond acceptors (Lipinski definition) is 4. The van der Waals surface area contributed by atoms with Crippen LogP contribution in [0, 0.1) is 0 Å². The van der Waals surface area contributed by atoms with Gasteiger partial charge in [0.05, 0.1) is 0 Å². The summed E-state index contributed by atoms with van der Waals surface area (Å²) in [4.78, 5) is 11.1. The summed E-state index contributed by atoms with van der Waals surface area (Å²) in [6.45, 7) is 0.157. The van der Waals surface area contributed by atoms with Gasteiger partial charge in [-0.3, -0.25) is 4.40 Å². The number of carboxylic acids is 1. The highest BCUT2D eigenvalue weighted by Gasteiger charge is 2.14. The van der Waals surface area contributed by atoms with Crippen molar-refractivity contribution in [1.29, 1.82) is 0 Å². The lowest BCUT2D eigenvalue weighted by Crippen LogP contribution is -2.04. The summed E-state index contributed by atoms with van der Waals surface area (Å²) < 4.78 is 7.18. The van der Waals surface area contributed by atoms with Gasteiger partial charge in [0.15, 0.2) is 11.5 Å². The van der Waals surface area contributed by atoms with Crippen molar-refractivity contribution in [2.75, 3.05) is 0 Å². The lowest BCUT2D eigenvalue weighted by atomic mass is 10.3. The first kappa shape index (κ1) is 13.4. The molecule has 0 aliphatic carbocycles. The number of pyridine rings is 1. The highest BCUT2D eigenvalue weighted by molar-refractivity contribution is 6.30. The van der Waals surface area contributed by atoms with E-state index in [1.807, 2.05) is 0 Å². The Morgan fingerprint density at radius 3 is 2.90 bits per heavy atom. The van der Waals surface area contributed by atoms with E-state index in [1.54, 1.807) is 40.9 Å². The van der Waals surface area contributed by atoms with Crippen LogP contribution in [-0.2, 0) is 6.61 Å². The first-order chi connectivity index (χ1) is 10.1. The highest BCUT2D eigenvalue weighted by Crippen LogP contribution is 2.18. The van der Waals surface area contributed by atoms with Crippen LogP contribution in [0.3, 0.4) is 0 Å². The molecule has 106 valence electrons. The fourth-order valence-electron chi connectivity index (χ4n) is 1.93. The maximum absolute atomic E-state index is 11.1. The fraction of sp³-hybridized carbons (Fsp3) is 0.0714. The molecule has 21 heavy (non-hydrogen) atoms. The van der Waals surface area contributed by atoms with E-state index in [9.17, 15) is 4.79 Å². The number of aromatic carboxylic acids is 1. The third-order valence-electron chi connectivity index (χ3n) is 2.90. The Labute approximate surface area is 124 Å². The van der Waals surface area contributed by atoms with Crippen LogP contribution in [-0.4, -0.2) is 25.7 Å². The molecule has 0 unspecified atom stereocenters. The van der Waals surface area contributed by atoms with Crippen LogP contribution in [0.25, 0.3) is 5.65 Å². The summed E-state index contributed by atoms with van der Waals surface area (Å²) in [7, 11) is 0. The monoisotopic (exact) mass is 303 g/mol. The van der Waals surface area contributed by atoms with Gasteiger partial charge in [0, 0.05) is 11.2 Å². The third-order valence-corrected chi connectivity index (χ3v) is 3.13. The first-order valence-corrected chi connectivity index (χ1v) is 6.47. The Hall–Kier alpha value is -2.60. The van der Waals surface area contributed by atoms with E-state index in [-0.39, 0.29) is 17.8 Å². The second kappa shape index (κ2) is 5.41. The molecule has 3 aromatic rings. The largest absolute Gasteiger partial charge is 0.486 e. The number of fused-ring (bicyclic) bond motifs is 1. The lowest BCUT2D eigenvalue weighted by Gasteiger charge is -2.05. The Morgan fingerprint density at radius 1 is 1.29 bits per heavy atom. The molecule has 0 aliphatic heterocycles. The quantitative estimate of drug-likeness (QED) is 0.802. The summed E-state index contributed by atoms with van der Waals surface area (Å²) in [5.41, 5.74) is 0.383. The Balaban J connectivity index is 1.88. The summed E-state index contributed by atoms with van der Waals surface area (Å²) in [5.74, 6) is 0.0667. The van der Waals surface area contributed by atoms with Gasteiger partial charge in [0.25, 0.3) is 0 Å². The smallest absolute Gasteiger partial charge is 0.339 e. The number of halogens is 1. The van der Waals surface area contributed by atoms with Gasteiger partial charge in [0.2, 0.25) is 0 Å². The van der Waals surface area contributed by atoms with E-state index < -0.39 is 5.97 Å². The van der Waals surface area contributed by atoms with E-state index in [0.29, 0.717) is 16.6 Å². The Kier molecular flexibility index (Phi) is 3.45. The molecule has 2 heterocycles. The van der Waals surface area contributed by atoms with Crippen molar-refractivity contribution in [2.45, 2.75) is 6.61 Å². The first-order valence-electron chi connectivity index (χ1n) is 6.09. The van der Waals surface area contributed by atoms with E-state index in [0.717, 1.165) is 0 Å². The summed E-state index contributed by atoms with van der Waals surface area (Å²) in [5, 5.41) is 17.5. The molecule has 3 rings (SSSR count). The molecule has 0 bridgehead atoms. The lowest BCUT2D eigenvalue weighted by molar-refractivity contribution is 0.0698. The average Bonchev–Trinajstić information content (AvgIpc) is 2.88. The van der Waals surface area contributed by atoms with Gasteiger partial charge < -0.3 is 9.84 Å². The van der Waals surface area contributed by atoms with Crippen LogP contribution >= 0.6 is 11.6 Å². The highest BCUT2D eigenvalue weighted by atomic mass is 35.5. The number of carbonyl (C=O) groups is 1. The third kappa shape index (κ3) is 2.66. The van der Waals surface area contributed by atoms with Gasteiger partial charge in [-0.2, -0.15) is 0 Å². The molecule has 6 nitrogen and oxygen atoms in total. The molecule has 2 aromatic heterocycles. The zero-order valence-electron chi connectivity index (χ0n) is 10.7. The van der Waals surface area contributed by atoms with Gasteiger partial charge in [-0.1, -0.05) is 17.7 Å². The van der Waals surface area contributed by atoms with Crippen molar-refractivity contribution in [3.63, 3.8) is 0 Å². The van der Waals surface area contributed by atoms with Crippen molar-refractivity contribution >= 4 is 23.2 Å². The number of nitrogens with zero attached hydrogens (tertiary/aromatic N) is 3. The summed E-state index contributed by atoms with van der Waals surface area (Å²) in [6.07, 6.45) is 1.69. The maximum atomic E-state index is 11.1. The van der Waals surface area contributed by atoms with Crippen molar-refractivity contribution in [3.8, 4) is 5.75 Å². The number of rotatable bonds is 4. The number of benzene rings is 1. The number of ether oxygens (including phenoxy) is 1. The van der Waals surface area contributed by atoms with Crippen LogP contribution in [0.5, 0.6) is 5.75 Å². The number of carboxylic acid groups (broad SMARTS) is 1. The fourth-order valence-corrected chi connectivity index (χ4v) is 2.11. The zero-order valence-corrected chi connectivity index (χ0v) is 11.5. The minimum atomic E-state index is -1.05. The number of aromatic nitrogens is 3. The molecule has 1 aromatic carbocycles. The van der Waals surface area contributed by atoms with Crippen molar-refractivity contribution in [3.05, 3.63) is 59.0 Å². The van der Waals surface area contributed by atoms with Crippen molar-refractivity contribution in [2.24, 2.45) is 0 Å². The maximum Gasteiger partial charge on any atom is 0.339 e. The minimum Gasteiger partial charge on any atom is -0.486 e. The van der Waals surface area contributed by atoms with E-state index in [4.69, 9.17) is 21.4 Å². The molecule has 0 fully saturated rings. The molecule has 7 heteroatoms. The number of hydrogen-bond donors (Lipinski definition) is 1. The van der Waals surface area contributed by atoms with Crippen molar-refractivity contribution < 1.29 is 14.6 Å². The molecular formula is C14H10ClN3O3. The minimum absolute atomic E-state index is 0.0963. The van der Waals surface area contributed by atoms with Gasteiger partial charge in [-0.15, -0.1) is 10.2 Å². The normalized spacial score (nSPS) is 10.7.